The fourth-order valence-electron chi connectivity index (χ4n) is 2.64. The summed E-state index contributed by atoms with van der Waals surface area (Å²) in [7, 11) is 1.67. The molecule has 0 atom stereocenters. The summed E-state index contributed by atoms with van der Waals surface area (Å²) in [6, 6.07) is 8.02. The van der Waals surface area contributed by atoms with Crippen LogP contribution in [0, 0.1) is 6.92 Å². The van der Waals surface area contributed by atoms with Crippen molar-refractivity contribution in [3.05, 3.63) is 46.8 Å². The van der Waals surface area contributed by atoms with Crippen LogP contribution in [0.2, 0.25) is 0 Å². The Balaban J connectivity index is 2.25. The number of nitrogens with zero attached hydrogens (tertiary/aromatic N) is 2. The van der Waals surface area contributed by atoms with E-state index in [4.69, 9.17) is 22.3 Å². The molecule has 0 bridgehead atoms. The van der Waals surface area contributed by atoms with Crippen LogP contribution in [0.3, 0.4) is 0 Å². The normalized spacial score (nSPS) is 11.3. The Morgan fingerprint density at radius 3 is 2.70 bits per heavy atom. The van der Waals surface area contributed by atoms with Gasteiger partial charge in [-0.05, 0) is 48.8 Å². The highest BCUT2D eigenvalue weighted by Gasteiger charge is 2.09. The zero-order valence-electron chi connectivity index (χ0n) is 15.7. The quantitative estimate of drug-likeness (QED) is 0.431. The van der Waals surface area contributed by atoms with Crippen molar-refractivity contribution in [2.24, 2.45) is 0 Å². The third-order valence-electron chi connectivity index (χ3n) is 4.25. The number of nitrogens with one attached hydrogen (secondary N) is 1. The molecule has 0 saturated heterocycles. The third-order valence-corrected chi connectivity index (χ3v) is 4.66. The highest BCUT2D eigenvalue weighted by Crippen LogP contribution is 2.22. The molecule has 0 fully saturated rings. The van der Waals surface area contributed by atoms with E-state index in [1.807, 2.05) is 19.1 Å². The van der Waals surface area contributed by atoms with Crippen molar-refractivity contribution in [3.63, 3.8) is 0 Å². The number of aliphatic carboxylic acids is 1. The molecule has 6 nitrogen and oxygen atoms in total. The summed E-state index contributed by atoms with van der Waals surface area (Å²) in [5, 5.41) is 13.0. The lowest BCUT2D eigenvalue weighted by molar-refractivity contribution is -0.137. The van der Waals surface area contributed by atoms with E-state index >= 15 is 0 Å². The van der Waals surface area contributed by atoms with Crippen molar-refractivity contribution >= 4 is 46.6 Å². The van der Waals surface area contributed by atoms with Crippen LogP contribution in [-0.4, -0.2) is 46.0 Å². The predicted octanol–water partition coefficient (Wildman–Crippen LogP) is 2.93. The molecule has 2 rings (SSSR count). The minimum atomic E-state index is -0.904. The minimum absolute atomic E-state index is 0.0379. The summed E-state index contributed by atoms with van der Waals surface area (Å²) in [5.41, 5.74) is 4.14. The Bertz CT molecular complexity index is 909. The van der Waals surface area contributed by atoms with Crippen LogP contribution in [0.15, 0.2) is 30.0 Å². The van der Waals surface area contributed by atoms with Crippen LogP contribution in [0.25, 0.3) is 17.0 Å². The topological polar surface area (TPSA) is 82.5 Å². The fraction of sp³-hybridized carbons (Fsp3) is 0.300. The van der Waals surface area contributed by atoms with Crippen LogP contribution in [0.1, 0.15) is 30.2 Å². The first-order valence-corrected chi connectivity index (χ1v) is 9.06. The molecule has 2 aromatic rings. The number of carbonyl (C=O) groups excluding carboxylic acids is 1. The molecule has 1 heterocycles. The van der Waals surface area contributed by atoms with Crippen LogP contribution in [0.4, 0.5) is 0 Å². The Kier molecular flexibility index (Phi) is 7.01. The van der Waals surface area contributed by atoms with Crippen molar-refractivity contribution in [3.8, 4) is 0 Å². The number of aryl methyl sites for hydroxylation is 2. The molecule has 0 spiro atoms. The molecule has 2 N–H and O–H groups in total. The maximum atomic E-state index is 11.4. The van der Waals surface area contributed by atoms with Crippen LogP contribution in [-0.2, 0) is 16.0 Å². The maximum absolute atomic E-state index is 11.4. The average Bonchev–Trinajstić information content (AvgIpc) is 2.65. The van der Waals surface area contributed by atoms with E-state index in [9.17, 15) is 9.59 Å². The van der Waals surface area contributed by atoms with Gasteiger partial charge in [0.2, 0.25) is 0 Å². The minimum Gasteiger partial charge on any atom is -0.481 e. The molecular weight excluding hydrogens is 362 g/mol. The number of allylic oxidation sites excluding steroid dienone is 1. The second-order valence-electron chi connectivity index (χ2n) is 6.24. The molecule has 142 valence electrons. The van der Waals surface area contributed by atoms with E-state index in [-0.39, 0.29) is 23.8 Å². The fourth-order valence-corrected chi connectivity index (χ4v) is 2.85. The Labute approximate surface area is 163 Å². The number of carbonyl (C=O) groups is 2. The number of thiocarbonyl (C=S) groups is 1. The van der Waals surface area contributed by atoms with Gasteiger partial charge in [0.15, 0.2) is 11.4 Å². The number of aromatic nitrogens is 1. The number of aldehydes is 1. The zero-order valence-corrected chi connectivity index (χ0v) is 16.5. The molecule has 0 saturated carbocycles. The molecule has 0 unspecified atom stereocenters. The summed E-state index contributed by atoms with van der Waals surface area (Å²) < 4.78 is 0. The lowest BCUT2D eigenvalue weighted by Crippen LogP contribution is -2.37. The molecule has 7 heteroatoms. The molecule has 27 heavy (non-hydrogen) atoms. The number of rotatable bonds is 7. The van der Waals surface area contributed by atoms with Gasteiger partial charge >= 0.3 is 5.97 Å². The van der Waals surface area contributed by atoms with Crippen LogP contribution >= 0.6 is 12.2 Å². The molecule has 0 aliphatic rings. The number of pyridine rings is 1. The zero-order chi connectivity index (χ0) is 20.0. The second-order valence-corrected chi connectivity index (χ2v) is 6.63. The summed E-state index contributed by atoms with van der Waals surface area (Å²) in [6.07, 6.45) is 3.13. The number of fused-ring (bicyclic) bond motifs is 1. The number of hydrogen-bond donors (Lipinski definition) is 2. The van der Waals surface area contributed by atoms with E-state index in [1.54, 1.807) is 18.0 Å². The molecule has 0 amide bonds. The van der Waals surface area contributed by atoms with Gasteiger partial charge in [-0.25, -0.2) is 4.98 Å². The van der Waals surface area contributed by atoms with Gasteiger partial charge in [-0.2, -0.15) is 0 Å². The number of carboxylic acids is 1. The standard InChI is InChI=1S/C20H23N3O3S/c1-4-14-6-5-13(2)17-8-7-15(21-19(14)17)11-16(12-24)22-20(27)23(3)10-9-18(25)26/h5-8,11-12H,4,9-10H2,1-3H3,(H,22,27)(H,25,26)/b16-11-. The maximum Gasteiger partial charge on any atom is 0.305 e. The van der Waals surface area contributed by atoms with E-state index < -0.39 is 5.97 Å². The summed E-state index contributed by atoms with van der Waals surface area (Å²) in [4.78, 5) is 28.4. The van der Waals surface area contributed by atoms with E-state index in [2.05, 4.69) is 24.4 Å². The van der Waals surface area contributed by atoms with Crippen LogP contribution in [0.5, 0.6) is 0 Å². The lowest BCUT2D eigenvalue weighted by Gasteiger charge is -2.20. The molecule has 0 aliphatic carbocycles. The smallest absolute Gasteiger partial charge is 0.305 e. The second kappa shape index (κ2) is 9.23. The van der Waals surface area contributed by atoms with Gasteiger partial charge in [-0.15, -0.1) is 0 Å². The Morgan fingerprint density at radius 1 is 1.33 bits per heavy atom. The first kappa shape index (κ1) is 20.5. The molecule has 1 aromatic heterocycles. The van der Waals surface area contributed by atoms with Gasteiger partial charge in [-0.3, -0.25) is 9.59 Å². The number of carboxylic acid groups (broad SMARTS) is 1. The summed E-state index contributed by atoms with van der Waals surface area (Å²) in [6.45, 7) is 4.38. The van der Waals surface area contributed by atoms with E-state index in [0.29, 0.717) is 12.0 Å². The molecule has 0 radical (unpaired) electrons. The van der Waals surface area contributed by atoms with Crippen molar-refractivity contribution in [1.29, 1.82) is 0 Å². The average molecular weight is 385 g/mol. The largest absolute Gasteiger partial charge is 0.481 e. The number of hydrogen-bond acceptors (Lipinski definition) is 4. The molecular formula is C20H23N3O3S. The van der Waals surface area contributed by atoms with Crippen molar-refractivity contribution in [2.75, 3.05) is 13.6 Å². The first-order valence-electron chi connectivity index (χ1n) is 8.65. The van der Waals surface area contributed by atoms with E-state index in [0.717, 1.165) is 28.5 Å². The SMILES string of the molecule is CCc1ccc(C)c2ccc(/C=C(/C=O)NC(=S)N(C)CCC(=O)O)nc12. The molecule has 0 aliphatic heterocycles. The van der Waals surface area contributed by atoms with Crippen molar-refractivity contribution < 1.29 is 14.7 Å². The van der Waals surface area contributed by atoms with Gasteiger partial charge in [0.1, 0.15) is 0 Å². The first-order chi connectivity index (χ1) is 12.8. The number of benzene rings is 1. The van der Waals surface area contributed by atoms with Gasteiger partial charge in [-0.1, -0.05) is 25.1 Å². The summed E-state index contributed by atoms with van der Waals surface area (Å²) in [5.74, 6) is -0.904. The van der Waals surface area contributed by atoms with E-state index in [1.165, 1.54) is 0 Å². The van der Waals surface area contributed by atoms with Crippen LogP contribution < -0.4 is 5.32 Å². The third kappa shape index (κ3) is 5.34. The van der Waals surface area contributed by atoms with Gasteiger partial charge in [0.25, 0.3) is 0 Å². The Morgan fingerprint density at radius 2 is 2.07 bits per heavy atom. The highest BCUT2D eigenvalue weighted by molar-refractivity contribution is 7.80. The van der Waals surface area contributed by atoms with Gasteiger partial charge in [0, 0.05) is 19.0 Å². The monoisotopic (exact) mass is 385 g/mol. The summed E-state index contributed by atoms with van der Waals surface area (Å²) >= 11 is 5.22. The van der Waals surface area contributed by atoms with Gasteiger partial charge < -0.3 is 15.3 Å². The Hall–Kier alpha value is -2.80. The van der Waals surface area contributed by atoms with Gasteiger partial charge in [0.05, 0.1) is 23.3 Å². The lowest BCUT2D eigenvalue weighted by atomic mass is 10.0. The predicted molar refractivity (Wildman–Crippen MR) is 111 cm³/mol. The highest BCUT2D eigenvalue weighted by atomic mass is 32.1. The molecule has 1 aromatic carbocycles. The van der Waals surface area contributed by atoms with Crippen molar-refractivity contribution in [2.45, 2.75) is 26.7 Å². The van der Waals surface area contributed by atoms with Crippen molar-refractivity contribution in [1.82, 2.24) is 15.2 Å².